The van der Waals surface area contributed by atoms with Gasteiger partial charge in [0.15, 0.2) is 0 Å². The van der Waals surface area contributed by atoms with Crippen molar-refractivity contribution < 1.29 is 4.74 Å². The van der Waals surface area contributed by atoms with Gasteiger partial charge in [0.25, 0.3) is 0 Å². The topological polar surface area (TPSA) is 47.3 Å². The van der Waals surface area contributed by atoms with Crippen LogP contribution < -0.4 is 15.8 Å². The predicted molar refractivity (Wildman–Crippen MR) is 85.1 cm³/mol. The van der Waals surface area contributed by atoms with E-state index in [1.165, 1.54) is 5.56 Å². The molecule has 0 fully saturated rings. The molecule has 20 heavy (non-hydrogen) atoms. The Morgan fingerprint density at radius 2 is 1.95 bits per heavy atom. The lowest BCUT2D eigenvalue weighted by molar-refractivity contribution is 0.319. The van der Waals surface area contributed by atoms with Gasteiger partial charge < -0.3 is 15.8 Å². The maximum absolute atomic E-state index is 5.96. The van der Waals surface area contributed by atoms with E-state index in [2.05, 4.69) is 31.3 Å². The van der Waals surface area contributed by atoms with Gasteiger partial charge in [0, 0.05) is 12.2 Å². The summed E-state index contributed by atoms with van der Waals surface area (Å²) in [4.78, 5) is 0. The lowest BCUT2D eigenvalue weighted by Crippen LogP contribution is -2.05. The first-order valence-corrected chi connectivity index (χ1v) is 7.01. The van der Waals surface area contributed by atoms with Gasteiger partial charge >= 0.3 is 0 Å². The SMILES string of the molecule is CCCOc1ccc(C)cc1NCc1ccccc1N. The molecule has 0 unspecified atom stereocenters. The maximum Gasteiger partial charge on any atom is 0.142 e. The average Bonchev–Trinajstić information content (AvgIpc) is 2.45. The molecule has 0 bridgehead atoms. The number of rotatable bonds is 6. The Kier molecular flexibility index (Phi) is 4.88. The number of hydrogen-bond acceptors (Lipinski definition) is 3. The van der Waals surface area contributed by atoms with Crippen LogP contribution in [0.15, 0.2) is 42.5 Å². The summed E-state index contributed by atoms with van der Waals surface area (Å²) in [7, 11) is 0. The van der Waals surface area contributed by atoms with Gasteiger partial charge in [-0.1, -0.05) is 31.2 Å². The minimum absolute atomic E-state index is 0.693. The van der Waals surface area contributed by atoms with E-state index in [4.69, 9.17) is 10.5 Å². The Bertz CT molecular complexity index is 567. The third kappa shape index (κ3) is 3.67. The number of hydrogen-bond donors (Lipinski definition) is 2. The van der Waals surface area contributed by atoms with E-state index in [0.717, 1.165) is 35.7 Å². The summed E-state index contributed by atoms with van der Waals surface area (Å²) in [6.45, 7) is 5.60. The van der Waals surface area contributed by atoms with E-state index >= 15 is 0 Å². The molecule has 3 nitrogen and oxygen atoms in total. The van der Waals surface area contributed by atoms with Crippen LogP contribution >= 0.6 is 0 Å². The van der Waals surface area contributed by atoms with Gasteiger partial charge in [-0.2, -0.15) is 0 Å². The second kappa shape index (κ2) is 6.85. The zero-order valence-electron chi connectivity index (χ0n) is 12.1. The highest BCUT2D eigenvalue weighted by Crippen LogP contribution is 2.27. The van der Waals surface area contributed by atoms with E-state index in [9.17, 15) is 0 Å². The zero-order valence-corrected chi connectivity index (χ0v) is 12.1. The molecule has 0 aliphatic rings. The van der Waals surface area contributed by atoms with Gasteiger partial charge in [-0.25, -0.2) is 0 Å². The van der Waals surface area contributed by atoms with Crippen LogP contribution in [0, 0.1) is 6.92 Å². The maximum atomic E-state index is 5.96. The molecular weight excluding hydrogens is 248 g/mol. The quantitative estimate of drug-likeness (QED) is 0.781. The van der Waals surface area contributed by atoms with Crippen LogP contribution in [-0.4, -0.2) is 6.61 Å². The van der Waals surface area contributed by atoms with Crippen molar-refractivity contribution >= 4 is 11.4 Å². The molecule has 0 saturated heterocycles. The molecule has 3 N–H and O–H groups in total. The Hall–Kier alpha value is -2.16. The highest BCUT2D eigenvalue weighted by Gasteiger charge is 2.05. The number of nitrogens with two attached hydrogens (primary N) is 1. The van der Waals surface area contributed by atoms with E-state index in [1.807, 2.05) is 30.3 Å². The zero-order chi connectivity index (χ0) is 14.4. The number of nitrogen functional groups attached to an aromatic ring is 1. The summed E-state index contributed by atoms with van der Waals surface area (Å²) in [5.41, 5.74) is 10.1. The fourth-order valence-corrected chi connectivity index (χ4v) is 2.01. The fraction of sp³-hybridized carbons (Fsp3) is 0.294. The van der Waals surface area contributed by atoms with Gasteiger partial charge in [0.1, 0.15) is 5.75 Å². The Labute approximate surface area is 120 Å². The molecule has 0 saturated carbocycles. The lowest BCUT2D eigenvalue weighted by Gasteiger charge is -2.14. The molecular formula is C17H22N2O. The molecule has 0 radical (unpaired) electrons. The van der Waals surface area contributed by atoms with Crippen molar-refractivity contribution in [1.29, 1.82) is 0 Å². The van der Waals surface area contributed by atoms with E-state index in [1.54, 1.807) is 0 Å². The molecule has 106 valence electrons. The molecule has 0 heterocycles. The van der Waals surface area contributed by atoms with Gasteiger partial charge in [-0.05, 0) is 42.7 Å². The molecule has 0 atom stereocenters. The molecule has 3 heteroatoms. The largest absolute Gasteiger partial charge is 0.491 e. The van der Waals surface area contributed by atoms with Crippen LogP contribution in [-0.2, 0) is 6.54 Å². The van der Waals surface area contributed by atoms with Crippen molar-refractivity contribution in [1.82, 2.24) is 0 Å². The molecule has 0 amide bonds. The van der Waals surface area contributed by atoms with Crippen LogP contribution in [0.2, 0.25) is 0 Å². The standard InChI is InChI=1S/C17H22N2O/c1-3-10-20-17-9-8-13(2)11-16(17)19-12-14-6-4-5-7-15(14)18/h4-9,11,19H,3,10,12,18H2,1-2H3. The monoisotopic (exact) mass is 270 g/mol. The minimum Gasteiger partial charge on any atom is -0.491 e. The molecule has 2 aromatic carbocycles. The lowest BCUT2D eigenvalue weighted by atomic mass is 10.1. The van der Waals surface area contributed by atoms with Crippen molar-refractivity contribution in [3.05, 3.63) is 53.6 Å². The van der Waals surface area contributed by atoms with Crippen LogP contribution in [0.5, 0.6) is 5.75 Å². The normalized spacial score (nSPS) is 10.3. The molecule has 2 aromatic rings. The van der Waals surface area contributed by atoms with Crippen molar-refractivity contribution in [3.63, 3.8) is 0 Å². The minimum atomic E-state index is 0.693. The van der Waals surface area contributed by atoms with Gasteiger partial charge in [-0.3, -0.25) is 0 Å². The van der Waals surface area contributed by atoms with Crippen molar-refractivity contribution in [2.75, 3.05) is 17.7 Å². The highest BCUT2D eigenvalue weighted by atomic mass is 16.5. The molecule has 0 aromatic heterocycles. The van der Waals surface area contributed by atoms with Gasteiger partial charge in [-0.15, -0.1) is 0 Å². The second-order valence-corrected chi connectivity index (χ2v) is 4.90. The van der Waals surface area contributed by atoms with Crippen LogP contribution in [0.3, 0.4) is 0 Å². The predicted octanol–water partition coefficient (Wildman–Crippen LogP) is 3.98. The van der Waals surface area contributed by atoms with Crippen molar-refractivity contribution in [3.8, 4) is 5.75 Å². The van der Waals surface area contributed by atoms with E-state index in [0.29, 0.717) is 6.54 Å². The smallest absolute Gasteiger partial charge is 0.142 e. The Balaban J connectivity index is 2.11. The molecule has 0 aliphatic carbocycles. The number of aryl methyl sites for hydroxylation is 1. The third-order valence-electron chi connectivity index (χ3n) is 3.12. The summed E-state index contributed by atoms with van der Waals surface area (Å²) < 4.78 is 5.77. The number of nitrogens with one attached hydrogen (secondary N) is 1. The number of anilines is 2. The molecule has 0 aliphatic heterocycles. The van der Waals surface area contributed by atoms with Crippen LogP contribution in [0.1, 0.15) is 24.5 Å². The summed E-state index contributed by atoms with van der Waals surface area (Å²) >= 11 is 0. The number of para-hydroxylation sites is 1. The van der Waals surface area contributed by atoms with Crippen molar-refractivity contribution in [2.45, 2.75) is 26.8 Å². The average molecular weight is 270 g/mol. The molecule has 0 spiro atoms. The summed E-state index contributed by atoms with van der Waals surface area (Å²) in [6.07, 6.45) is 0.999. The van der Waals surface area contributed by atoms with Crippen LogP contribution in [0.4, 0.5) is 11.4 Å². The second-order valence-electron chi connectivity index (χ2n) is 4.90. The number of benzene rings is 2. The van der Waals surface area contributed by atoms with Gasteiger partial charge in [0.2, 0.25) is 0 Å². The Morgan fingerprint density at radius 1 is 1.15 bits per heavy atom. The third-order valence-corrected chi connectivity index (χ3v) is 3.12. The van der Waals surface area contributed by atoms with Crippen LogP contribution in [0.25, 0.3) is 0 Å². The molecule has 2 rings (SSSR count). The Morgan fingerprint density at radius 3 is 2.70 bits per heavy atom. The first kappa shape index (κ1) is 14.3. The van der Waals surface area contributed by atoms with E-state index in [-0.39, 0.29) is 0 Å². The summed E-state index contributed by atoms with van der Waals surface area (Å²) in [5.74, 6) is 0.895. The first-order valence-electron chi connectivity index (χ1n) is 7.01. The fourth-order valence-electron chi connectivity index (χ4n) is 2.01. The number of ether oxygens (including phenoxy) is 1. The van der Waals surface area contributed by atoms with E-state index < -0.39 is 0 Å². The summed E-state index contributed by atoms with van der Waals surface area (Å²) in [6, 6.07) is 14.1. The summed E-state index contributed by atoms with van der Waals surface area (Å²) in [5, 5.41) is 3.42. The first-order chi connectivity index (χ1) is 9.70. The van der Waals surface area contributed by atoms with Crippen molar-refractivity contribution in [2.24, 2.45) is 0 Å². The highest BCUT2D eigenvalue weighted by molar-refractivity contribution is 5.59. The van der Waals surface area contributed by atoms with Gasteiger partial charge in [0.05, 0.1) is 12.3 Å².